The van der Waals surface area contributed by atoms with E-state index in [1.807, 2.05) is 66.7 Å². The Morgan fingerprint density at radius 3 is 2.10 bits per heavy atom. The van der Waals surface area contributed by atoms with Gasteiger partial charge in [0, 0.05) is 24.8 Å². The summed E-state index contributed by atoms with van der Waals surface area (Å²) in [4.78, 5) is 32.1. The van der Waals surface area contributed by atoms with E-state index in [0.717, 1.165) is 42.6 Å². The number of carbonyl (C=O) groups excluding carboxylic acids is 2. The zero-order chi connectivity index (χ0) is 27.7. The second-order valence-electron chi connectivity index (χ2n) is 11.1. The first-order valence-electron chi connectivity index (χ1n) is 14.2. The van der Waals surface area contributed by atoms with Crippen LogP contribution in [0.1, 0.15) is 54.7 Å². The van der Waals surface area contributed by atoms with Crippen molar-refractivity contribution in [3.05, 3.63) is 102 Å². The maximum Gasteiger partial charge on any atom is 0.256 e. The Balaban J connectivity index is 1.36. The van der Waals surface area contributed by atoms with Crippen LogP contribution < -0.4 is 9.62 Å². The van der Waals surface area contributed by atoms with Gasteiger partial charge in [-0.25, -0.2) is 8.42 Å². The number of likely N-dealkylation sites (tertiary alicyclic amines) is 1. The molecule has 1 saturated carbocycles. The average molecular weight is 558 g/mol. The summed E-state index contributed by atoms with van der Waals surface area (Å²) in [5, 5.41) is -0.517. The Morgan fingerprint density at radius 1 is 0.825 bits per heavy atom. The van der Waals surface area contributed by atoms with Crippen LogP contribution in [0.15, 0.2) is 84.9 Å². The molecular weight excluding hydrogens is 522 g/mol. The minimum atomic E-state index is -3.75. The van der Waals surface area contributed by atoms with Gasteiger partial charge in [-0.05, 0) is 61.3 Å². The first-order valence-corrected chi connectivity index (χ1v) is 15.8. The molecular formula is C32H35N3O4S. The highest BCUT2D eigenvalue weighted by Gasteiger charge is 2.46. The van der Waals surface area contributed by atoms with Crippen molar-refractivity contribution in [2.24, 2.45) is 0 Å². The smallest absolute Gasteiger partial charge is 0.256 e. The van der Waals surface area contributed by atoms with Crippen molar-refractivity contribution in [3.8, 4) is 0 Å². The van der Waals surface area contributed by atoms with Crippen LogP contribution in [-0.4, -0.2) is 55.6 Å². The molecule has 2 atom stereocenters. The highest BCUT2D eigenvalue weighted by atomic mass is 32.2. The third-order valence-corrected chi connectivity index (χ3v) is 10.3. The fraction of sp³-hybridized carbons (Fsp3) is 0.375. The molecule has 2 aliphatic heterocycles. The molecule has 3 aliphatic rings. The van der Waals surface area contributed by atoms with Crippen LogP contribution in [0.3, 0.4) is 0 Å². The average Bonchev–Trinajstić information content (AvgIpc) is 3.78. The molecule has 3 aromatic rings. The van der Waals surface area contributed by atoms with E-state index in [9.17, 15) is 18.0 Å². The number of para-hydroxylation sites is 1. The number of carbonyl (C=O) groups is 2. The summed E-state index contributed by atoms with van der Waals surface area (Å²) in [5.41, 5.74) is 4.10. The molecule has 2 fully saturated rings. The summed E-state index contributed by atoms with van der Waals surface area (Å²) in [6.07, 6.45) is 4.59. The number of benzene rings is 3. The highest BCUT2D eigenvalue weighted by molar-refractivity contribution is 7.90. The molecule has 0 bridgehead atoms. The lowest BCUT2D eigenvalue weighted by molar-refractivity contribution is -0.138. The number of nitrogens with zero attached hydrogens (tertiary/aromatic N) is 2. The number of nitrogens with one attached hydrogen (secondary N) is 1. The summed E-state index contributed by atoms with van der Waals surface area (Å²) in [6, 6.07) is 26.6. The fourth-order valence-corrected chi connectivity index (χ4v) is 7.58. The van der Waals surface area contributed by atoms with Gasteiger partial charge >= 0.3 is 0 Å². The zero-order valence-corrected chi connectivity index (χ0v) is 23.3. The first kappa shape index (κ1) is 26.6. The molecule has 0 spiro atoms. The number of sulfonamides is 1. The van der Waals surface area contributed by atoms with Gasteiger partial charge in [0.15, 0.2) is 0 Å². The van der Waals surface area contributed by atoms with Gasteiger partial charge in [0.1, 0.15) is 6.04 Å². The maximum absolute atomic E-state index is 14.5. The molecule has 0 unspecified atom stereocenters. The minimum absolute atomic E-state index is 0.102. The predicted octanol–water partition coefficient (Wildman–Crippen LogP) is 4.24. The number of amides is 2. The predicted molar refractivity (Wildman–Crippen MR) is 155 cm³/mol. The third kappa shape index (κ3) is 5.37. The lowest BCUT2D eigenvalue weighted by Crippen LogP contribution is -2.49. The van der Waals surface area contributed by atoms with Gasteiger partial charge in [0.05, 0.1) is 11.2 Å². The summed E-state index contributed by atoms with van der Waals surface area (Å²) < 4.78 is 27.9. The maximum atomic E-state index is 14.5. The van der Waals surface area contributed by atoms with Gasteiger partial charge in [0.25, 0.3) is 5.91 Å². The van der Waals surface area contributed by atoms with Crippen LogP contribution in [0.4, 0.5) is 5.69 Å². The van der Waals surface area contributed by atoms with Crippen LogP contribution >= 0.6 is 0 Å². The first-order chi connectivity index (χ1) is 19.4. The number of hydrogen-bond acceptors (Lipinski definition) is 5. The van der Waals surface area contributed by atoms with E-state index in [0.29, 0.717) is 25.8 Å². The van der Waals surface area contributed by atoms with E-state index >= 15 is 0 Å². The summed E-state index contributed by atoms with van der Waals surface area (Å²) in [6.45, 7) is 1.18. The molecule has 2 heterocycles. The SMILES string of the molecule is O=C(NS(=O)(=O)C1CC1)[C@@H]1C[C@H](N2CCCCc3ccccc32)CN1C(=O)C(c1ccccc1)c1ccccc1. The van der Waals surface area contributed by atoms with Crippen LogP contribution in [0.25, 0.3) is 0 Å². The largest absolute Gasteiger partial charge is 0.366 e. The number of anilines is 1. The van der Waals surface area contributed by atoms with Gasteiger partial charge in [0.2, 0.25) is 15.9 Å². The normalized spacial score (nSPS) is 21.1. The molecule has 208 valence electrons. The van der Waals surface area contributed by atoms with Gasteiger partial charge in [-0.3, -0.25) is 14.3 Å². The Morgan fingerprint density at radius 2 is 1.45 bits per heavy atom. The number of fused-ring (bicyclic) bond motifs is 1. The molecule has 3 aromatic carbocycles. The van der Waals surface area contributed by atoms with Crippen molar-refractivity contribution in [3.63, 3.8) is 0 Å². The van der Waals surface area contributed by atoms with Gasteiger partial charge in [-0.2, -0.15) is 0 Å². The van der Waals surface area contributed by atoms with E-state index in [1.54, 1.807) is 4.90 Å². The molecule has 1 saturated heterocycles. The second-order valence-corrected chi connectivity index (χ2v) is 13.1. The highest BCUT2D eigenvalue weighted by Crippen LogP contribution is 2.36. The molecule has 0 aromatic heterocycles. The van der Waals surface area contributed by atoms with Gasteiger partial charge < -0.3 is 9.80 Å². The van der Waals surface area contributed by atoms with Crippen LogP contribution in [0.5, 0.6) is 0 Å². The zero-order valence-electron chi connectivity index (χ0n) is 22.5. The molecule has 0 radical (unpaired) electrons. The second kappa shape index (κ2) is 11.1. The van der Waals surface area contributed by atoms with E-state index in [2.05, 4.69) is 27.8 Å². The van der Waals surface area contributed by atoms with Crippen LogP contribution in [0, 0.1) is 0 Å². The van der Waals surface area contributed by atoms with E-state index in [-0.39, 0.29) is 11.9 Å². The van der Waals surface area contributed by atoms with E-state index in [4.69, 9.17) is 0 Å². The molecule has 1 aliphatic carbocycles. The fourth-order valence-electron chi connectivity index (χ4n) is 6.24. The monoisotopic (exact) mass is 557 g/mol. The van der Waals surface area contributed by atoms with Gasteiger partial charge in [-0.15, -0.1) is 0 Å². The lowest BCUT2D eigenvalue weighted by Gasteiger charge is -2.32. The summed E-state index contributed by atoms with van der Waals surface area (Å²) in [7, 11) is -3.75. The minimum Gasteiger partial charge on any atom is -0.366 e. The Hall–Kier alpha value is -3.65. The van der Waals surface area contributed by atoms with E-state index in [1.165, 1.54) is 5.56 Å². The van der Waals surface area contributed by atoms with Crippen molar-refractivity contribution in [2.45, 2.75) is 61.8 Å². The lowest BCUT2D eigenvalue weighted by atomic mass is 9.90. The molecule has 8 heteroatoms. The van der Waals surface area contributed by atoms with Crippen LogP contribution in [0.2, 0.25) is 0 Å². The number of hydrogen-bond donors (Lipinski definition) is 1. The molecule has 2 amide bonds. The standard InChI is InChI=1S/C32H35N3O4S/c36-31(33-40(38,39)27-18-19-27)29-21-26(34-20-10-9-12-23-11-7-8-17-28(23)34)22-35(29)32(37)30(24-13-3-1-4-14-24)25-15-5-2-6-16-25/h1-8,11,13-17,26-27,29-30H,9-10,12,18-22H2,(H,33,36)/t26-,29-/m0/s1. The number of aryl methyl sites for hydroxylation is 1. The number of rotatable bonds is 7. The Kier molecular flexibility index (Phi) is 7.36. The van der Waals surface area contributed by atoms with Crippen molar-refractivity contribution >= 4 is 27.5 Å². The third-order valence-electron chi connectivity index (χ3n) is 8.42. The quantitative estimate of drug-likeness (QED) is 0.470. The summed E-state index contributed by atoms with van der Waals surface area (Å²) >= 11 is 0. The summed E-state index contributed by atoms with van der Waals surface area (Å²) in [5.74, 6) is -1.40. The molecule has 7 nitrogen and oxygen atoms in total. The molecule has 6 rings (SSSR count). The molecule has 40 heavy (non-hydrogen) atoms. The van der Waals surface area contributed by atoms with E-state index < -0.39 is 33.1 Å². The Labute approximate surface area is 236 Å². The molecule has 1 N–H and O–H groups in total. The van der Waals surface area contributed by atoms with Crippen molar-refractivity contribution in [1.82, 2.24) is 9.62 Å². The van der Waals surface area contributed by atoms with Gasteiger partial charge in [-0.1, -0.05) is 78.9 Å². The van der Waals surface area contributed by atoms with Crippen molar-refractivity contribution < 1.29 is 18.0 Å². The van der Waals surface area contributed by atoms with Crippen LogP contribution in [-0.2, 0) is 26.0 Å². The van der Waals surface area contributed by atoms with Crippen molar-refractivity contribution in [2.75, 3.05) is 18.0 Å². The Bertz CT molecular complexity index is 1430. The van der Waals surface area contributed by atoms with Crippen molar-refractivity contribution in [1.29, 1.82) is 0 Å². The topological polar surface area (TPSA) is 86.8 Å².